The molecule has 0 spiro atoms. The minimum atomic E-state index is -0.409. The van der Waals surface area contributed by atoms with Crippen LogP contribution >= 0.6 is 0 Å². The molecule has 0 aromatic rings. The lowest BCUT2D eigenvalue weighted by Gasteiger charge is -2.19. The third-order valence-electron chi connectivity index (χ3n) is 2.00. The van der Waals surface area contributed by atoms with Crippen LogP contribution in [0.1, 0.15) is 52.9 Å². The molecule has 0 saturated heterocycles. The van der Waals surface area contributed by atoms with Gasteiger partial charge in [-0.05, 0) is 40.0 Å². The maximum atomic E-state index is 11.2. The number of hydrogen-bond acceptors (Lipinski definition) is 2. The van der Waals surface area contributed by atoms with E-state index in [2.05, 4.69) is 11.9 Å². The number of alkyl carbamates (subject to hydrolysis) is 1. The molecule has 0 radical (unpaired) electrons. The Balaban J connectivity index is 3.31. The van der Waals surface area contributed by atoms with Crippen LogP contribution in [-0.4, -0.2) is 18.2 Å². The Bertz CT molecular complexity index is 206. The summed E-state index contributed by atoms with van der Waals surface area (Å²) in [7, 11) is 0. The normalized spacial score (nSPS) is 10.9. The fourth-order valence-corrected chi connectivity index (χ4v) is 1.27. The molecule has 0 fully saturated rings. The zero-order valence-corrected chi connectivity index (χ0v) is 10.8. The van der Waals surface area contributed by atoms with Crippen molar-refractivity contribution in [3.8, 4) is 0 Å². The zero-order chi connectivity index (χ0) is 12.4. The van der Waals surface area contributed by atoms with Gasteiger partial charge in [0.05, 0.1) is 0 Å². The molecule has 0 bridgehead atoms. The Kier molecular flexibility index (Phi) is 7.69. The molecule has 0 rings (SSSR count). The molecule has 1 amide bonds. The standard InChI is InChI=1S/C13H25NO2/c1-5-6-7-8-9-10-11-14-12(15)16-13(2,3)4/h5H,1,6-11H2,2-4H3,(H,14,15). The highest BCUT2D eigenvalue weighted by Crippen LogP contribution is 2.06. The molecule has 1 N–H and O–H groups in total. The minimum absolute atomic E-state index is 0.321. The number of carbonyl (C=O) groups excluding carboxylic acids is 1. The fourth-order valence-electron chi connectivity index (χ4n) is 1.27. The van der Waals surface area contributed by atoms with Crippen LogP contribution in [0.2, 0.25) is 0 Å². The van der Waals surface area contributed by atoms with Crippen molar-refractivity contribution in [2.45, 2.75) is 58.5 Å². The van der Waals surface area contributed by atoms with Crippen LogP contribution in [0.25, 0.3) is 0 Å². The number of ether oxygens (including phenoxy) is 1. The topological polar surface area (TPSA) is 38.3 Å². The van der Waals surface area contributed by atoms with E-state index in [9.17, 15) is 4.79 Å². The van der Waals surface area contributed by atoms with Gasteiger partial charge in [0, 0.05) is 6.54 Å². The van der Waals surface area contributed by atoms with Gasteiger partial charge in [-0.3, -0.25) is 0 Å². The lowest BCUT2D eigenvalue weighted by Crippen LogP contribution is -2.32. The largest absolute Gasteiger partial charge is 0.444 e. The lowest BCUT2D eigenvalue weighted by molar-refractivity contribution is 0.0527. The molecule has 0 aliphatic heterocycles. The molecule has 0 saturated carbocycles. The number of amides is 1. The molecule has 0 aromatic heterocycles. The Morgan fingerprint density at radius 3 is 2.44 bits per heavy atom. The van der Waals surface area contributed by atoms with Gasteiger partial charge in [-0.2, -0.15) is 0 Å². The van der Waals surface area contributed by atoms with Crippen molar-refractivity contribution in [1.82, 2.24) is 5.32 Å². The highest BCUT2D eigenvalue weighted by molar-refractivity contribution is 5.67. The second-order valence-electron chi connectivity index (χ2n) is 4.92. The predicted octanol–water partition coefficient (Wildman–Crippen LogP) is 3.65. The first-order valence-electron chi connectivity index (χ1n) is 6.03. The van der Waals surface area contributed by atoms with Crippen LogP contribution in [0.4, 0.5) is 4.79 Å². The van der Waals surface area contributed by atoms with Gasteiger partial charge >= 0.3 is 6.09 Å². The van der Waals surface area contributed by atoms with Crippen molar-refractivity contribution in [2.75, 3.05) is 6.54 Å². The third kappa shape index (κ3) is 11.1. The molecular weight excluding hydrogens is 202 g/mol. The monoisotopic (exact) mass is 227 g/mol. The summed E-state index contributed by atoms with van der Waals surface area (Å²) in [4.78, 5) is 11.2. The summed E-state index contributed by atoms with van der Waals surface area (Å²) in [6.45, 7) is 9.96. The Labute approximate surface area is 99.3 Å². The number of unbranched alkanes of at least 4 members (excludes halogenated alkanes) is 4. The van der Waals surface area contributed by atoms with Crippen molar-refractivity contribution in [1.29, 1.82) is 0 Å². The van der Waals surface area contributed by atoms with Crippen molar-refractivity contribution in [3.05, 3.63) is 12.7 Å². The van der Waals surface area contributed by atoms with Gasteiger partial charge in [-0.1, -0.05) is 18.9 Å². The van der Waals surface area contributed by atoms with E-state index in [1.54, 1.807) is 0 Å². The maximum absolute atomic E-state index is 11.2. The zero-order valence-electron chi connectivity index (χ0n) is 10.8. The third-order valence-corrected chi connectivity index (χ3v) is 2.00. The Morgan fingerprint density at radius 2 is 1.88 bits per heavy atom. The number of carbonyl (C=O) groups is 1. The van der Waals surface area contributed by atoms with E-state index in [1.807, 2.05) is 26.8 Å². The van der Waals surface area contributed by atoms with Gasteiger partial charge in [0.1, 0.15) is 5.60 Å². The van der Waals surface area contributed by atoms with Crippen molar-refractivity contribution >= 4 is 6.09 Å². The first kappa shape index (κ1) is 15.0. The smallest absolute Gasteiger partial charge is 0.407 e. The molecule has 0 aromatic carbocycles. The van der Waals surface area contributed by atoms with E-state index in [1.165, 1.54) is 12.8 Å². The van der Waals surface area contributed by atoms with Gasteiger partial charge < -0.3 is 10.1 Å². The van der Waals surface area contributed by atoms with Crippen molar-refractivity contribution in [2.24, 2.45) is 0 Å². The van der Waals surface area contributed by atoms with E-state index in [0.717, 1.165) is 19.3 Å². The summed E-state index contributed by atoms with van der Waals surface area (Å²) in [5.41, 5.74) is -0.409. The molecule has 0 heterocycles. The number of rotatable bonds is 7. The molecule has 3 heteroatoms. The molecule has 3 nitrogen and oxygen atoms in total. The fraction of sp³-hybridized carbons (Fsp3) is 0.769. The predicted molar refractivity (Wildman–Crippen MR) is 67.5 cm³/mol. The lowest BCUT2D eigenvalue weighted by atomic mass is 10.1. The van der Waals surface area contributed by atoms with Crippen LogP contribution in [-0.2, 0) is 4.74 Å². The highest BCUT2D eigenvalue weighted by Gasteiger charge is 2.15. The van der Waals surface area contributed by atoms with E-state index in [0.29, 0.717) is 6.54 Å². The minimum Gasteiger partial charge on any atom is -0.444 e. The van der Waals surface area contributed by atoms with Gasteiger partial charge in [0.15, 0.2) is 0 Å². The van der Waals surface area contributed by atoms with E-state index in [4.69, 9.17) is 4.74 Å². The first-order chi connectivity index (χ1) is 7.45. The van der Waals surface area contributed by atoms with Gasteiger partial charge in [-0.15, -0.1) is 6.58 Å². The summed E-state index contributed by atoms with van der Waals surface area (Å²) in [6, 6.07) is 0. The molecular formula is C13H25NO2. The Morgan fingerprint density at radius 1 is 1.25 bits per heavy atom. The number of allylic oxidation sites excluding steroid dienone is 1. The van der Waals surface area contributed by atoms with E-state index in [-0.39, 0.29) is 6.09 Å². The second kappa shape index (κ2) is 8.20. The molecule has 94 valence electrons. The SMILES string of the molecule is C=CCCCCCCNC(=O)OC(C)(C)C. The summed E-state index contributed by atoms with van der Waals surface area (Å²) in [5, 5.41) is 2.75. The molecule has 0 aliphatic rings. The first-order valence-corrected chi connectivity index (χ1v) is 6.03. The quantitative estimate of drug-likeness (QED) is 0.532. The molecule has 0 unspecified atom stereocenters. The van der Waals surface area contributed by atoms with Crippen molar-refractivity contribution < 1.29 is 9.53 Å². The van der Waals surface area contributed by atoms with Gasteiger partial charge in [0.25, 0.3) is 0 Å². The number of hydrogen-bond donors (Lipinski definition) is 1. The maximum Gasteiger partial charge on any atom is 0.407 e. The average Bonchev–Trinajstić information content (AvgIpc) is 2.13. The van der Waals surface area contributed by atoms with Crippen LogP contribution in [0, 0.1) is 0 Å². The van der Waals surface area contributed by atoms with Crippen molar-refractivity contribution in [3.63, 3.8) is 0 Å². The Hall–Kier alpha value is -0.990. The summed E-state index contributed by atoms with van der Waals surface area (Å²) < 4.78 is 5.12. The second-order valence-corrected chi connectivity index (χ2v) is 4.92. The van der Waals surface area contributed by atoms with Crippen LogP contribution < -0.4 is 5.32 Å². The van der Waals surface area contributed by atoms with E-state index < -0.39 is 5.60 Å². The van der Waals surface area contributed by atoms with Crippen LogP contribution in [0.5, 0.6) is 0 Å². The number of nitrogens with one attached hydrogen (secondary N) is 1. The summed E-state index contributed by atoms with van der Waals surface area (Å²) in [6.07, 6.45) is 7.25. The van der Waals surface area contributed by atoms with E-state index >= 15 is 0 Å². The molecule has 0 atom stereocenters. The van der Waals surface area contributed by atoms with Crippen LogP contribution in [0.15, 0.2) is 12.7 Å². The average molecular weight is 227 g/mol. The van der Waals surface area contributed by atoms with Gasteiger partial charge in [0.2, 0.25) is 0 Å². The summed E-state index contributed by atoms with van der Waals surface area (Å²) in [5.74, 6) is 0. The highest BCUT2D eigenvalue weighted by atomic mass is 16.6. The molecule has 0 aliphatic carbocycles. The van der Waals surface area contributed by atoms with Crippen LogP contribution in [0.3, 0.4) is 0 Å². The van der Waals surface area contributed by atoms with Gasteiger partial charge in [-0.25, -0.2) is 4.79 Å². The molecule has 16 heavy (non-hydrogen) atoms. The summed E-state index contributed by atoms with van der Waals surface area (Å²) >= 11 is 0.